The van der Waals surface area contributed by atoms with E-state index < -0.39 is 39.2 Å². The van der Waals surface area contributed by atoms with Gasteiger partial charge in [-0.15, -0.1) is 0 Å². The molecule has 0 bridgehead atoms. The van der Waals surface area contributed by atoms with Crippen molar-refractivity contribution in [2.45, 2.75) is 123 Å². The molecule has 264 valence electrons. The Morgan fingerprint density at radius 2 is 1.45 bits per heavy atom. The maximum Gasteiger partial charge on any atom is 0.471 e. The Bertz CT molecular complexity index is 1790. The maximum absolute atomic E-state index is 15.0. The van der Waals surface area contributed by atoms with Crippen molar-refractivity contribution >= 4 is 46.0 Å². The standard InChI is InChI=1S/C39H52O8Si2/c1-23-18-26-28(21-41)31-29(44-22-24-14-16-25(43-11)17-15-24)19-30(45-48(12,13)37(2,3)4)34(42)33(31)36-32(26)35(27(23)20-40)46-49(47-36,38(5,6)7)39(8,9)10/h14-18,20-21,29-30H,19,22H2,1-13H3/t29-,30-/m0/s1. The molecule has 1 heterocycles. The topological polar surface area (TPSA) is 97.4 Å². The van der Waals surface area contributed by atoms with Gasteiger partial charge in [-0.05, 0) is 54.4 Å². The summed E-state index contributed by atoms with van der Waals surface area (Å²) in [5, 5.41) is -0.0992. The highest BCUT2D eigenvalue weighted by Gasteiger charge is 2.65. The summed E-state index contributed by atoms with van der Waals surface area (Å²) in [4.78, 5) is 41.0. The Morgan fingerprint density at radius 1 is 0.878 bits per heavy atom. The van der Waals surface area contributed by atoms with Gasteiger partial charge in [-0.3, -0.25) is 14.4 Å². The van der Waals surface area contributed by atoms with E-state index in [0.717, 1.165) is 23.9 Å². The molecule has 0 unspecified atom stereocenters. The van der Waals surface area contributed by atoms with Crippen LogP contribution >= 0.6 is 0 Å². The lowest BCUT2D eigenvalue weighted by atomic mass is 9.80. The monoisotopic (exact) mass is 704 g/mol. The van der Waals surface area contributed by atoms with E-state index in [4.69, 9.17) is 22.8 Å². The molecule has 0 fully saturated rings. The first kappa shape index (κ1) is 37.0. The fraction of sp³-hybridized carbons (Fsp3) is 0.513. The summed E-state index contributed by atoms with van der Waals surface area (Å²) in [5.74, 6) is 1.24. The van der Waals surface area contributed by atoms with Gasteiger partial charge < -0.3 is 22.8 Å². The Labute approximate surface area is 293 Å². The molecule has 0 N–H and O–H groups in total. The number of ketones is 1. The molecule has 0 saturated heterocycles. The number of aryl methyl sites for hydroxylation is 1. The van der Waals surface area contributed by atoms with Crippen molar-refractivity contribution in [1.82, 2.24) is 0 Å². The molecule has 0 saturated carbocycles. The summed E-state index contributed by atoms with van der Waals surface area (Å²) in [6, 6.07) is 9.45. The Balaban J connectivity index is 1.85. The molecule has 2 atom stereocenters. The molecule has 1 aliphatic heterocycles. The number of carbonyl (C=O) groups is 3. The zero-order valence-corrected chi connectivity index (χ0v) is 33.4. The molecule has 1 aliphatic carbocycles. The lowest BCUT2D eigenvalue weighted by Crippen LogP contribution is -2.63. The van der Waals surface area contributed by atoms with Gasteiger partial charge in [0.25, 0.3) is 0 Å². The molecule has 0 aromatic heterocycles. The van der Waals surface area contributed by atoms with Gasteiger partial charge in [0.1, 0.15) is 23.4 Å². The molecular weight excluding hydrogens is 653 g/mol. The molecule has 8 nitrogen and oxygen atoms in total. The van der Waals surface area contributed by atoms with Crippen LogP contribution in [0.15, 0.2) is 30.3 Å². The van der Waals surface area contributed by atoms with Gasteiger partial charge in [0.05, 0.1) is 36.3 Å². The van der Waals surface area contributed by atoms with Gasteiger partial charge in [0.2, 0.25) is 0 Å². The van der Waals surface area contributed by atoms with Crippen molar-refractivity contribution < 1.29 is 37.1 Å². The van der Waals surface area contributed by atoms with E-state index in [1.807, 2.05) is 37.3 Å². The quantitative estimate of drug-likeness (QED) is 0.169. The number of Topliss-reactive ketones (excluding diaryl/α,β-unsaturated/α-hetero) is 1. The number of rotatable bonds is 8. The highest BCUT2D eigenvalue weighted by atomic mass is 28.4. The number of hydrogen-bond acceptors (Lipinski definition) is 8. The molecule has 3 aromatic rings. The Kier molecular flexibility index (Phi) is 9.41. The van der Waals surface area contributed by atoms with Crippen molar-refractivity contribution in [3.63, 3.8) is 0 Å². The van der Waals surface area contributed by atoms with Crippen molar-refractivity contribution in [2.75, 3.05) is 7.11 Å². The summed E-state index contributed by atoms with van der Waals surface area (Å²) >= 11 is 0. The fourth-order valence-corrected chi connectivity index (χ4v) is 12.9. The van der Waals surface area contributed by atoms with Crippen molar-refractivity contribution in [1.29, 1.82) is 0 Å². The molecule has 3 aromatic carbocycles. The minimum Gasteiger partial charge on any atom is -0.510 e. The SMILES string of the molecule is COc1ccc(CO[C@H]2C[C@H](O[Si](C)(C)C(C)(C)C)C(=O)c3c2c(C=O)c2cc(C)c(C=O)c4c2c3O[Si](C(C)(C)C)(C(C)(C)C)O4)cc1. The van der Waals surface area contributed by atoms with Gasteiger partial charge in [0.15, 0.2) is 26.7 Å². The van der Waals surface area contributed by atoms with Gasteiger partial charge in [-0.25, -0.2) is 0 Å². The van der Waals surface area contributed by atoms with Crippen LogP contribution < -0.4 is 13.6 Å². The second-order valence-electron chi connectivity index (χ2n) is 17.1. The van der Waals surface area contributed by atoms with Gasteiger partial charge in [-0.2, -0.15) is 0 Å². The van der Waals surface area contributed by atoms with Crippen LogP contribution in [0.2, 0.25) is 28.2 Å². The third-order valence-electron chi connectivity index (χ3n) is 10.7. The first-order valence-electron chi connectivity index (χ1n) is 17.0. The van der Waals surface area contributed by atoms with Gasteiger partial charge in [-0.1, -0.05) is 74.4 Å². The zero-order valence-electron chi connectivity index (χ0n) is 31.4. The zero-order chi connectivity index (χ0) is 36.5. The van der Waals surface area contributed by atoms with Crippen molar-refractivity contribution in [3.05, 3.63) is 63.7 Å². The number of ether oxygens (including phenoxy) is 2. The summed E-state index contributed by atoms with van der Waals surface area (Å²) in [6.07, 6.45) is 0.354. The molecule has 10 heteroatoms. The number of carbonyl (C=O) groups excluding carboxylic acids is 3. The van der Waals surface area contributed by atoms with Gasteiger partial charge in [0, 0.05) is 33.0 Å². The molecule has 2 aliphatic rings. The van der Waals surface area contributed by atoms with Crippen LogP contribution in [0.3, 0.4) is 0 Å². The average molecular weight is 705 g/mol. The maximum atomic E-state index is 15.0. The fourth-order valence-electron chi connectivity index (χ4n) is 7.16. The molecule has 0 amide bonds. The predicted molar refractivity (Wildman–Crippen MR) is 197 cm³/mol. The number of benzene rings is 3. The highest BCUT2D eigenvalue weighted by Crippen LogP contribution is 2.60. The van der Waals surface area contributed by atoms with E-state index >= 15 is 4.79 Å². The van der Waals surface area contributed by atoms with E-state index in [9.17, 15) is 9.59 Å². The van der Waals surface area contributed by atoms with E-state index in [-0.39, 0.29) is 23.8 Å². The van der Waals surface area contributed by atoms with Crippen LogP contribution in [0.25, 0.3) is 10.8 Å². The lowest BCUT2D eigenvalue weighted by molar-refractivity contribution is 0.000383. The average Bonchev–Trinajstić information content (AvgIpc) is 3.00. The van der Waals surface area contributed by atoms with Crippen molar-refractivity contribution in [2.24, 2.45) is 0 Å². The Morgan fingerprint density at radius 3 is 1.96 bits per heavy atom. The summed E-state index contributed by atoms with van der Waals surface area (Å²) in [6.45, 7) is 25.3. The second-order valence-corrected chi connectivity index (χ2v) is 26.5. The van der Waals surface area contributed by atoms with E-state index in [0.29, 0.717) is 50.1 Å². The number of hydrogen-bond donors (Lipinski definition) is 0. The van der Waals surface area contributed by atoms with Crippen LogP contribution in [0.5, 0.6) is 17.2 Å². The van der Waals surface area contributed by atoms with Crippen LogP contribution in [0, 0.1) is 6.92 Å². The summed E-state index contributed by atoms with van der Waals surface area (Å²) in [7, 11) is -4.22. The van der Waals surface area contributed by atoms with E-state index in [1.54, 1.807) is 7.11 Å². The third kappa shape index (κ3) is 6.08. The first-order valence-corrected chi connectivity index (χ1v) is 21.8. The third-order valence-corrected chi connectivity index (χ3v) is 20.1. The smallest absolute Gasteiger partial charge is 0.471 e. The van der Waals surface area contributed by atoms with Crippen LogP contribution in [0.4, 0.5) is 0 Å². The normalized spacial score (nSPS) is 19.2. The second kappa shape index (κ2) is 12.5. The van der Waals surface area contributed by atoms with Crippen LogP contribution in [-0.2, 0) is 15.8 Å². The van der Waals surface area contributed by atoms with Crippen LogP contribution in [-0.4, -0.2) is 48.4 Å². The summed E-state index contributed by atoms with van der Waals surface area (Å²) < 4.78 is 33.2. The minimum atomic E-state index is -3.38. The van der Waals surface area contributed by atoms with Crippen molar-refractivity contribution in [3.8, 4) is 17.2 Å². The number of fused-ring (bicyclic) bond motifs is 2. The highest BCUT2D eigenvalue weighted by molar-refractivity contribution is 6.75. The summed E-state index contributed by atoms with van der Waals surface area (Å²) in [5.41, 5.74) is 3.12. The van der Waals surface area contributed by atoms with Gasteiger partial charge >= 0.3 is 8.56 Å². The molecule has 0 spiro atoms. The van der Waals surface area contributed by atoms with E-state index in [2.05, 4.69) is 75.4 Å². The Hall–Kier alpha value is -3.32. The largest absolute Gasteiger partial charge is 0.510 e. The number of aldehydes is 2. The first-order chi connectivity index (χ1) is 22.6. The minimum absolute atomic E-state index is 0.160. The molecule has 0 radical (unpaired) electrons. The molecule has 5 rings (SSSR count). The van der Waals surface area contributed by atoms with E-state index in [1.165, 1.54) is 0 Å². The molecule has 49 heavy (non-hydrogen) atoms. The predicted octanol–water partition coefficient (Wildman–Crippen LogP) is 9.83. The van der Waals surface area contributed by atoms with Crippen LogP contribution in [0.1, 0.15) is 123 Å². The molecular formula is C39H52O8Si2. The lowest BCUT2D eigenvalue weighted by Gasteiger charge is -2.51. The number of methoxy groups -OCH3 is 1.